The zero-order valence-electron chi connectivity index (χ0n) is 17.1. The molecule has 0 fully saturated rings. The fourth-order valence-electron chi connectivity index (χ4n) is 5.19. The molecule has 0 heterocycles. The van der Waals surface area contributed by atoms with Crippen molar-refractivity contribution in [1.29, 1.82) is 0 Å². The van der Waals surface area contributed by atoms with E-state index in [1.54, 1.807) is 0 Å². The molecule has 0 aromatic heterocycles. The lowest BCUT2D eigenvalue weighted by molar-refractivity contribution is 0.828. The van der Waals surface area contributed by atoms with Crippen molar-refractivity contribution in [3.05, 3.63) is 95.1 Å². The van der Waals surface area contributed by atoms with Gasteiger partial charge in [0, 0.05) is 11.1 Å². The Labute approximate surface area is 177 Å². The summed E-state index contributed by atoms with van der Waals surface area (Å²) in [4.78, 5) is 0. The van der Waals surface area contributed by atoms with Crippen LogP contribution in [0.15, 0.2) is 83.0 Å². The molecule has 0 atom stereocenters. The van der Waals surface area contributed by atoms with Crippen LogP contribution >= 0.6 is 0 Å². The van der Waals surface area contributed by atoms with E-state index < -0.39 is 0 Å². The Kier molecular flexibility index (Phi) is 4.23. The fourth-order valence-corrected chi connectivity index (χ4v) is 5.19. The van der Waals surface area contributed by atoms with Gasteiger partial charge in [0.05, 0.1) is 11.4 Å². The summed E-state index contributed by atoms with van der Waals surface area (Å²) in [6.45, 7) is 0. The van der Waals surface area contributed by atoms with Crippen molar-refractivity contribution >= 4 is 33.0 Å². The van der Waals surface area contributed by atoms with Gasteiger partial charge < -0.3 is 0 Å². The molecule has 146 valence electrons. The first-order valence-corrected chi connectivity index (χ1v) is 11.0. The van der Waals surface area contributed by atoms with E-state index in [1.165, 1.54) is 43.8 Å². The van der Waals surface area contributed by atoms with Crippen molar-refractivity contribution in [2.24, 2.45) is 10.2 Å². The highest BCUT2D eigenvalue weighted by Gasteiger charge is 2.21. The lowest BCUT2D eigenvalue weighted by Gasteiger charge is -2.21. The summed E-state index contributed by atoms with van der Waals surface area (Å²) in [6.07, 6.45) is 6.55. The Balaban J connectivity index is 1.52. The summed E-state index contributed by atoms with van der Waals surface area (Å²) in [5, 5.41) is 15.0. The van der Waals surface area contributed by atoms with E-state index in [0.29, 0.717) is 0 Å². The highest BCUT2D eigenvalue weighted by atomic mass is 15.2. The van der Waals surface area contributed by atoms with Crippen molar-refractivity contribution in [2.75, 3.05) is 0 Å². The third-order valence-corrected chi connectivity index (χ3v) is 6.62. The van der Waals surface area contributed by atoms with Gasteiger partial charge >= 0.3 is 0 Å². The van der Waals surface area contributed by atoms with Gasteiger partial charge in [-0.2, -0.15) is 10.2 Å². The van der Waals surface area contributed by atoms with Gasteiger partial charge in [-0.1, -0.05) is 72.8 Å². The minimum atomic E-state index is 1.00. The van der Waals surface area contributed by atoms with Crippen LogP contribution in [-0.2, 0) is 12.8 Å². The Morgan fingerprint density at radius 1 is 0.467 bits per heavy atom. The van der Waals surface area contributed by atoms with E-state index in [2.05, 4.69) is 72.8 Å². The second kappa shape index (κ2) is 7.21. The number of rotatable bonds is 1. The molecule has 0 bridgehead atoms. The summed E-state index contributed by atoms with van der Waals surface area (Å²) in [5.41, 5.74) is 7.75. The van der Waals surface area contributed by atoms with Gasteiger partial charge in [0.2, 0.25) is 0 Å². The van der Waals surface area contributed by atoms with Crippen LogP contribution in [-0.4, -0.2) is 11.4 Å². The maximum absolute atomic E-state index is 4.91. The highest BCUT2D eigenvalue weighted by molar-refractivity contribution is 6.15. The molecule has 4 aromatic rings. The maximum atomic E-state index is 4.91. The van der Waals surface area contributed by atoms with Crippen molar-refractivity contribution in [2.45, 2.75) is 38.5 Å². The Bertz CT molecular complexity index is 1240. The molecule has 0 unspecified atom stereocenters. The monoisotopic (exact) mass is 388 g/mol. The van der Waals surface area contributed by atoms with Crippen LogP contribution in [0.2, 0.25) is 0 Å². The SMILES string of the molecule is c1ccc2c3c(ccc2c1)CCC/C3=N/N=C1/CCCc2ccc3ccccc3c21. The predicted molar refractivity (Wildman–Crippen MR) is 127 cm³/mol. The Hall–Kier alpha value is -3.26. The molecule has 0 spiro atoms. The summed E-state index contributed by atoms with van der Waals surface area (Å²) in [5.74, 6) is 0. The molecule has 0 radical (unpaired) electrons. The molecule has 6 rings (SSSR count). The molecule has 2 nitrogen and oxygen atoms in total. The van der Waals surface area contributed by atoms with E-state index in [4.69, 9.17) is 10.2 Å². The molecule has 2 heteroatoms. The molecule has 4 aromatic carbocycles. The molecule has 0 amide bonds. The van der Waals surface area contributed by atoms with E-state index in [9.17, 15) is 0 Å². The zero-order valence-corrected chi connectivity index (χ0v) is 17.1. The highest BCUT2D eigenvalue weighted by Crippen LogP contribution is 2.32. The summed E-state index contributed by atoms with van der Waals surface area (Å²) < 4.78 is 0. The minimum Gasteiger partial charge on any atom is -0.155 e. The molecule has 0 aliphatic heterocycles. The molecule has 2 aliphatic rings. The van der Waals surface area contributed by atoms with Crippen LogP contribution in [0, 0.1) is 0 Å². The van der Waals surface area contributed by atoms with E-state index in [-0.39, 0.29) is 0 Å². The van der Waals surface area contributed by atoms with Crippen molar-refractivity contribution in [3.8, 4) is 0 Å². The molecule has 30 heavy (non-hydrogen) atoms. The van der Waals surface area contributed by atoms with E-state index in [1.807, 2.05) is 0 Å². The molecule has 0 saturated heterocycles. The third kappa shape index (κ3) is 2.87. The topological polar surface area (TPSA) is 24.7 Å². The number of hydrogen-bond donors (Lipinski definition) is 0. The molecule has 2 aliphatic carbocycles. The first-order valence-electron chi connectivity index (χ1n) is 11.0. The second-order valence-electron chi connectivity index (χ2n) is 8.44. The Morgan fingerprint density at radius 2 is 0.933 bits per heavy atom. The average Bonchev–Trinajstić information content (AvgIpc) is 2.82. The summed E-state index contributed by atoms with van der Waals surface area (Å²) in [7, 11) is 0. The number of nitrogens with zero attached hydrogens (tertiary/aromatic N) is 2. The lowest BCUT2D eigenvalue weighted by atomic mass is 9.86. The van der Waals surface area contributed by atoms with Crippen LogP contribution < -0.4 is 0 Å². The van der Waals surface area contributed by atoms with Gasteiger partial charge in [-0.15, -0.1) is 0 Å². The maximum Gasteiger partial charge on any atom is 0.0711 e. The van der Waals surface area contributed by atoms with Crippen molar-refractivity contribution < 1.29 is 0 Å². The molecule has 0 N–H and O–H groups in total. The third-order valence-electron chi connectivity index (χ3n) is 6.62. The fraction of sp³-hybridized carbons (Fsp3) is 0.214. The van der Waals surface area contributed by atoms with Gasteiger partial charge in [-0.05, 0) is 71.2 Å². The first kappa shape index (κ1) is 17.6. The number of aryl methyl sites for hydroxylation is 2. The first-order chi connectivity index (χ1) is 14.9. The van der Waals surface area contributed by atoms with Crippen molar-refractivity contribution in [1.82, 2.24) is 0 Å². The van der Waals surface area contributed by atoms with Crippen LogP contribution in [0.4, 0.5) is 0 Å². The van der Waals surface area contributed by atoms with E-state index >= 15 is 0 Å². The molecular formula is C28H24N2. The van der Waals surface area contributed by atoms with E-state index in [0.717, 1.165) is 49.9 Å². The Morgan fingerprint density at radius 3 is 1.43 bits per heavy atom. The summed E-state index contributed by atoms with van der Waals surface area (Å²) >= 11 is 0. The molecular weight excluding hydrogens is 364 g/mol. The standard InChI is InChI=1S/C28H24N2/c1-3-11-23-19(7-1)15-17-21-9-5-13-25(27(21)23)29-30-26-14-6-10-22-18-16-20-8-2-4-12-24(20)28(22)26/h1-4,7-8,11-12,15-18H,5-6,9-10,13-14H2/b29-25-,30-26-. The van der Waals surface area contributed by atoms with Crippen LogP contribution in [0.25, 0.3) is 21.5 Å². The smallest absolute Gasteiger partial charge is 0.0711 e. The average molecular weight is 389 g/mol. The van der Waals surface area contributed by atoms with Gasteiger partial charge in [0.15, 0.2) is 0 Å². The number of benzene rings is 4. The largest absolute Gasteiger partial charge is 0.155 e. The van der Waals surface area contributed by atoms with Crippen LogP contribution in [0.1, 0.15) is 47.9 Å². The zero-order chi connectivity index (χ0) is 19.9. The van der Waals surface area contributed by atoms with Crippen molar-refractivity contribution in [3.63, 3.8) is 0 Å². The quantitative estimate of drug-likeness (QED) is 0.318. The predicted octanol–water partition coefficient (Wildman–Crippen LogP) is 6.86. The molecule has 0 saturated carbocycles. The van der Waals surface area contributed by atoms with Gasteiger partial charge in [-0.25, -0.2) is 0 Å². The van der Waals surface area contributed by atoms with Gasteiger partial charge in [0.25, 0.3) is 0 Å². The lowest BCUT2D eigenvalue weighted by Crippen LogP contribution is -2.14. The van der Waals surface area contributed by atoms with Gasteiger partial charge in [0.1, 0.15) is 0 Å². The van der Waals surface area contributed by atoms with Crippen LogP contribution in [0.3, 0.4) is 0 Å². The second-order valence-corrected chi connectivity index (χ2v) is 8.44. The van der Waals surface area contributed by atoms with Crippen LogP contribution in [0.5, 0.6) is 0 Å². The van der Waals surface area contributed by atoms with Gasteiger partial charge in [-0.3, -0.25) is 0 Å². The number of hydrogen-bond acceptors (Lipinski definition) is 2. The normalized spacial score (nSPS) is 18.7. The number of fused-ring (bicyclic) bond motifs is 6. The summed E-state index contributed by atoms with van der Waals surface area (Å²) in [6, 6.07) is 26.4. The minimum absolute atomic E-state index is 1.00.